The zero-order valence-corrected chi connectivity index (χ0v) is 22.9. The van der Waals surface area contributed by atoms with Gasteiger partial charge in [-0.1, -0.05) is 58.9 Å². The minimum atomic E-state index is -0.656. The van der Waals surface area contributed by atoms with Crippen molar-refractivity contribution >= 4 is 17.4 Å². The molecule has 194 valence electrons. The molecule has 1 saturated heterocycles. The molecule has 2 aromatic carbocycles. The number of likely N-dealkylation sites (N-methyl/N-ethyl adjacent to an activating group) is 1. The number of hydrogen-bond donors (Lipinski definition) is 1. The van der Waals surface area contributed by atoms with E-state index in [1.807, 2.05) is 50.2 Å². The van der Waals surface area contributed by atoms with E-state index in [0.717, 1.165) is 35.3 Å². The Bertz CT molecular complexity index is 1150. The van der Waals surface area contributed by atoms with Crippen molar-refractivity contribution in [1.29, 1.82) is 0 Å². The highest BCUT2D eigenvalue weighted by Crippen LogP contribution is 2.41. The first-order chi connectivity index (χ1) is 16.9. The lowest BCUT2D eigenvalue weighted by Gasteiger charge is -2.29. The Hall–Kier alpha value is -3.12. The highest BCUT2D eigenvalue weighted by molar-refractivity contribution is 6.46. The van der Waals surface area contributed by atoms with Gasteiger partial charge in [0.05, 0.1) is 18.7 Å². The number of benzene rings is 2. The molecule has 0 aromatic heterocycles. The van der Waals surface area contributed by atoms with Crippen LogP contribution in [0, 0.1) is 13.8 Å². The zero-order chi connectivity index (χ0) is 26.8. The molecule has 1 fully saturated rings. The van der Waals surface area contributed by atoms with Gasteiger partial charge in [-0.2, -0.15) is 0 Å². The maximum absolute atomic E-state index is 13.4. The number of carbonyl (C=O) groups is 2. The predicted octanol–water partition coefficient (Wildman–Crippen LogP) is 5.37. The number of aliphatic hydroxyl groups excluding tert-OH is 1. The number of aliphatic hydroxyl groups is 1. The van der Waals surface area contributed by atoms with Gasteiger partial charge >= 0.3 is 0 Å². The number of methoxy groups -OCH3 is 1. The van der Waals surface area contributed by atoms with E-state index in [-0.39, 0.29) is 16.7 Å². The van der Waals surface area contributed by atoms with Gasteiger partial charge in [0.15, 0.2) is 0 Å². The summed E-state index contributed by atoms with van der Waals surface area (Å²) in [6, 6.07) is 11.0. The van der Waals surface area contributed by atoms with E-state index in [4.69, 9.17) is 4.74 Å². The number of Topliss-reactive ketones (excluding diaryl/α,β-unsaturated/α-hetero) is 1. The van der Waals surface area contributed by atoms with Crippen molar-refractivity contribution in [3.63, 3.8) is 0 Å². The minimum absolute atomic E-state index is 0.0270. The second kappa shape index (κ2) is 10.9. The van der Waals surface area contributed by atoms with E-state index in [1.165, 1.54) is 0 Å². The Morgan fingerprint density at radius 2 is 1.64 bits per heavy atom. The van der Waals surface area contributed by atoms with Crippen LogP contribution in [-0.4, -0.2) is 59.9 Å². The monoisotopic (exact) mass is 492 g/mol. The molecule has 0 saturated carbocycles. The average Bonchev–Trinajstić information content (AvgIpc) is 3.09. The fraction of sp³-hybridized carbons (Fsp3) is 0.467. The molecule has 3 rings (SSSR count). The van der Waals surface area contributed by atoms with Crippen LogP contribution in [0.15, 0.2) is 42.0 Å². The summed E-state index contributed by atoms with van der Waals surface area (Å²) >= 11 is 0. The number of ketones is 1. The SMILES string of the molecule is CCN(CC)CCN1C(=O)C(=O)/C(=C(/O)c2cc(C)c(OC)cc2C)C1c1ccc(C(C)(C)C)cc1. The molecule has 36 heavy (non-hydrogen) atoms. The quantitative estimate of drug-likeness (QED) is 0.305. The van der Waals surface area contributed by atoms with E-state index in [9.17, 15) is 14.7 Å². The van der Waals surface area contributed by atoms with Gasteiger partial charge in [-0.05, 0) is 66.7 Å². The number of hydrogen-bond acceptors (Lipinski definition) is 5. The molecule has 0 spiro atoms. The van der Waals surface area contributed by atoms with Crippen LogP contribution in [0.4, 0.5) is 0 Å². The Labute approximate surface area is 215 Å². The fourth-order valence-electron chi connectivity index (χ4n) is 4.82. The molecule has 2 aromatic rings. The molecule has 1 heterocycles. The molecule has 1 N–H and O–H groups in total. The summed E-state index contributed by atoms with van der Waals surface area (Å²) in [7, 11) is 1.60. The highest BCUT2D eigenvalue weighted by atomic mass is 16.5. The summed E-state index contributed by atoms with van der Waals surface area (Å²) in [5.74, 6) is -0.661. The van der Waals surface area contributed by atoms with E-state index in [0.29, 0.717) is 24.4 Å². The van der Waals surface area contributed by atoms with Gasteiger partial charge < -0.3 is 19.6 Å². The van der Waals surface area contributed by atoms with E-state index in [1.54, 1.807) is 12.0 Å². The van der Waals surface area contributed by atoms with Crippen molar-refractivity contribution in [3.8, 4) is 5.75 Å². The van der Waals surface area contributed by atoms with Crippen LogP contribution < -0.4 is 4.74 Å². The van der Waals surface area contributed by atoms with Gasteiger partial charge in [-0.25, -0.2) is 0 Å². The molecule has 6 nitrogen and oxygen atoms in total. The molecule has 1 atom stereocenters. The summed E-state index contributed by atoms with van der Waals surface area (Å²) in [5, 5.41) is 11.5. The van der Waals surface area contributed by atoms with Crippen LogP contribution in [0.5, 0.6) is 5.75 Å². The van der Waals surface area contributed by atoms with Crippen molar-refractivity contribution in [2.75, 3.05) is 33.3 Å². The molecular weight excluding hydrogens is 452 g/mol. The molecule has 6 heteroatoms. The van der Waals surface area contributed by atoms with Crippen molar-refractivity contribution in [3.05, 3.63) is 69.8 Å². The van der Waals surface area contributed by atoms with Gasteiger partial charge in [-0.15, -0.1) is 0 Å². The molecule has 0 bridgehead atoms. The maximum Gasteiger partial charge on any atom is 0.295 e. The summed E-state index contributed by atoms with van der Waals surface area (Å²) < 4.78 is 5.41. The molecule has 1 amide bonds. The third-order valence-electron chi connectivity index (χ3n) is 7.18. The molecule has 0 aliphatic carbocycles. The lowest BCUT2D eigenvalue weighted by Crippen LogP contribution is -2.38. The van der Waals surface area contributed by atoms with Gasteiger partial charge in [0.2, 0.25) is 0 Å². The number of amides is 1. The number of likely N-dealkylation sites (tertiary alicyclic amines) is 1. The van der Waals surface area contributed by atoms with Crippen LogP contribution in [0.1, 0.15) is 68.5 Å². The van der Waals surface area contributed by atoms with Crippen LogP contribution in [0.2, 0.25) is 0 Å². The summed E-state index contributed by atoms with van der Waals surface area (Å²) in [5.41, 5.74) is 4.22. The second-order valence-corrected chi connectivity index (χ2v) is 10.5. The Morgan fingerprint density at radius 3 is 2.17 bits per heavy atom. The molecular formula is C30H40N2O4. The Morgan fingerprint density at radius 1 is 1.03 bits per heavy atom. The summed E-state index contributed by atoms with van der Waals surface area (Å²) in [6.07, 6.45) is 0. The minimum Gasteiger partial charge on any atom is -0.507 e. The number of rotatable bonds is 8. The van der Waals surface area contributed by atoms with Crippen molar-refractivity contribution in [1.82, 2.24) is 9.80 Å². The zero-order valence-electron chi connectivity index (χ0n) is 22.9. The smallest absolute Gasteiger partial charge is 0.295 e. The first kappa shape index (κ1) is 27.5. The third kappa shape index (κ3) is 5.34. The van der Waals surface area contributed by atoms with Crippen LogP contribution in [0.25, 0.3) is 5.76 Å². The lowest BCUT2D eigenvalue weighted by molar-refractivity contribution is -0.140. The first-order valence-electron chi connectivity index (χ1n) is 12.7. The normalized spacial score (nSPS) is 17.8. The summed E-state index contributed by atoms with van der Waals surface area (Å²) in [6.45, 7) is 17.1. The van der Waals surface area contributed by atoms with Crippen molar-refractivity contribution in [2.45, 2.75) is 59.9 Å². The largest absolute Gasteiger partial charge is 0.507 e. The van der Waals surface area contributed by atoms with Crippen LogP contribution >= 0.6 is 0 Å². The number of carbonyl (C=O) groups excluding carboxylic acids is 2. The van der Waals surface area contributed by atoms with Gasteiger partial charge in [0.1, 0.15) is 11.5 Å². The maximum atomic E-state index is 13.4. The standard InChI is InChI=1S/C30H40N2O4/c1-9-31(10-2)15-16-32-26(21-11-13-22(14-12-21)30(5,6)7)25(28(34)29(32)35)27(33)23-17-20(4)24(36-8)18-19(23)3/h11-14,17-18,26,33H,9-10,15-16H2,1-8H3/b27-25+. The van der Waals surface area contributed by atoms with E-state index in [2.05, 4.69) is 39.5 Å². The van der Waals surface area contributed by atoms with E-state index < -0.39 is 17.7 Å². The van der Waals surface area contributed by atoms with Gasteiger partial charge in [0, 0.05) is 18.7 Å². The Balaban J connectivity index is 2.17. The Kier molecular flexibility index (Phi) is 8.29. The molecule has 1 aliphatic rings. The second-order valence-electron chi connectivity index (χ2n) is 10.5. The lowest BCUT2D eigenvalue weighted by atomic mass is 9.85. The molecule has 1 unspecified atom stereocenters. The molecule has 0 radical (unpaired) electrons. The van der Waals surface area contributed by atoms with Crippen LogP contribution in [0.3, 0.4) is 0 Å². The number of nitrogens with zero attached hydrogens (tertiary/aromatic N) is 2. The first-order valence-corrected chi connectivity index (χ1v) is 12.7. The molecule has 1 aliphatic heterocycles. The van der Waals surface area contributed by atoms with Crippen LogP contribution in [-0.2, 0) is 15.0 Å². The topological polar surface area (TPSA) is 70.1 Å². The summed E-state index contributed by atoms with van der Waals surface area (Å²) in [4.78, 5) is 30.5. The highest BCUT2D eigenvalue weighted by Gasteiger charge is 2.46. The van der Waals surface area contributed by atoms with Gasteiger partial charge in [0.25, 0.3) is 11.7 Å². The fourth-order valence-corrected chi connectivity index (χ4v) is 4.82. The van der Waals surface area contributed by atoms with Crippen molar-refractivity contribution in [2.24, 2.45) is 0 Å². The average molecular weight is 493 g/mol. The third-order valence-corrected chi connectivity index (χ3v) is 7.18. The number of aryl methyl sites for hydroxylation is 2. The van der Waals surface area contributed by atoms with E-state index >= 15 is 0 Å². The number of ether oxygens (including phenoxy) is 1. The predicted molar refractivity (Wildman–Crippen MR) is 144 cm³/mol. The van der Waals surface area contributed by atoms with Gasteiger partial charge in [-0.3, -0.25) is 9.59 Å². The van der Waals surface area contributed by atoms with Crippen molar-refractivity contribution < 1.29 is 19.4 Å².